The van der Waals surface area contributed by atoms with Crippen molar-refractivity contribution in [2.24, 2.45) is 0 Å². The summed E-state index contributed by atoms with van der Waals surface area (Å²) >= 11 is 0. The summed E-state index contributed by atoms with van der Waals surface area (Å²) in [6, 6.07) is 1.97. The third kappa shape index (κ3) is 1.03. The first-order valence-electron chi connectivity index (χ1n) is 4.71. The summed E-state index contributed by atoms with van der Waals surface area (Å²) < 4.78 is 5.60. The number of aromatic hydroxyl groups is 1. The number of fused-ring (bicyclic) bond motifs is 1. The lowest BCUT2D eigenvalue weighted by Gasteiger charge is -2.07. The second-order valence-electron chi connectivity index (χ2n) is 3.82. The normalized spacial score (nSPS) is 11.1. The summed E-state index contributed by atoms with van der Waals surface area (Å²) in [5.41, 5.74) is 3.73. The molecule has 0 aliphatic heterocycles. The Hall–Kier alpha value is -1.44. The Morgan fingerprint density at radius 1 is 1.00 bits per heavy atom. The summed E-state index contributed by atoms with van der Waals surface area (Å²) in [5.74, 6) is 1.27. The first-order valence-corrected chi connectivity index (χ1v) is 4.71. The number of hydrogen-bond acceptors (Lipinski definition) is 2. The van der Waals surface area contributed by atoms with Crippen molar-refractivity contribution in [2.75, 3.05) is 0 Å². The van der Waals surface area contributed by atoms with Gasteiger partial charge in [-0.1, -0.05) is 0 Å². The molecule has 74 valence electrons. The average molecular weight is 190 g/mol. The number of phenolic OH excluding ortho intramolecular Hbond substituents is 1. The van der Waals surface area contributed by atoms with Crippen LogP contribution in [-0.2, 0) is 0 Å². The minimum atomic E-state index is 0.385. The van der Waals surface area contributed by atoms with Crippen molar-refractivity contribution in [3.63, 3.8) is 0 Å². The van der Waals surface area contributed by atoms with E-state index in [1.807, 2.05) is 33.8 Å². The van der Waals surface area contributed by atoms with Crippen LogP contribution in [0.3, 0.4) is 0 Å². The smallest absolute Gasteiger partial charge is 0.137 e. The molecule has 1 N–H and O–H groups in total. The zero-order valence-electron chi connectivity index (χ0n) is 8.93. The van der Waals surface area contributed by atoms with Gasteiger partial charge in [0.2, 0.25) is 0 Å². The molecule has 1 aromatic heterocycles. The molecule has 0 saturated heterocycles. The first-order chi connectivity index (χ1) is 6.52. The van der Waals surface area contributed by atoms with E-state index < -0.39 is 0 Å². The second kappa shape index (κ2) is 2.77. The van der Waals surface area contributed by atoms with Crippen LogP contribution in [0.25, 0.3) is 11.0 Å². The molecule has 0 unspecified atom stereocenters. The van der Waals surface area contributed by atoms with Crippen LogP contribution in [0.1, 0.15) is 22.5 Å². The lowest BCUT2D eigenvalue weighted by molar-refractivity contribution is 0.467. The largest absolute Gasteiger partial charge is 0.507 e. The predicted molar refractivity (Wildman–Crippen MR) is 56.8 cm³/mol. The Labute approximate surface area is 83.2 Å². The van der Waals surface area contributed by atoms with E-state index in [9.17, 15) is 5.11 Å². The molecule has 0 fully saturated rings. The Balaban J connectivity index is 3.01. The highest BCUT2D eigenvalue weighted by molar-refractivity contribution is 5.88. The van der Waals surface area contributed by atoms with Crippen LogP contribution >= 0.6 is 0 Å². The molecule has 2 aromatic rings. The Morgan fingerprint density at radius 2 is 1.64 bits per heavy atom. The van der Waals surface area contributed by atoms with Crippen molar-refractivity contribution < 1.29 is 9.52 Å². The average Bonchev–Trinajstić information content (AvgIpc) is 2.54. The van der Waals surface area contributed by atoms with Crippen molar-refractivity contribution in [1.82, 2.24) is 0 Å². The first kappa shape index (κ1) is 9.13. The molecule has 1 aromatic carbocycles. The molecule has 1 heterocycles. The Kier molecular flexibility index (Phi) is 1.81. The van der Waals surface area contributed by atoms with Gasteiger partial charge in [-0.15, -0.1) is 0 Å². The van der Waals surface area contributed by atoms with Crippen LogP contribution in [0.4, 0.5) is 0 Å². The summed E-state index contributed by atoms with van der Waals surface area (Å²) in [6.07, 6.45) is 0. The molecule has 0 spiro atoms. The van der Waals surface area contributed by atoms with Crippen LogP contribution < -0.4 is 0 Å². The van der Waals surface area contributed by atoms with E-state index in [0.29, 0.717) is 5.75 Å². The van der Waals surface area contributed by atoms with Crippen molar-refractivity contribution in [3.05, 3.63) is 28.5 Å². The molecule has 0 atom stereocenters. The van der Waals surface area contributed by atoms with Crippen molar-refractivity contribution in [3.8, 4) is 5.75 Å². The third-order valence-electron chi connectivity index (χ3n) is 2.87. The maximum Gasteiger partial charge on any atom is 0.137 e. The van der Waals surface area contributed by atoms with Gasteiger partial charge in [0.15, 0.2) is 0 Å². The van der Waals surface area contributed by atoms with Gasteiger partial charge in [-0.05, 0) is 44.9 Å². The standard InChI is InChI=1S/C12H14O2/c1-6-5-10-9(4)11(13)7(2)8(3)12(10)14-6/h5,13H,1-4H3. The molecular formula is C12H14O2. The monoisotopic (exact) mass is 190 g/mol. The number of rotatable bonds is 0. The number of furan rings is 1. The SMILES string of the molecule is Cc1cc2c(C)c(O)c(C)c(C)c2o1. The van der Waals surface area contributed by atoms with Crippen LogP contribution in [0.5, 0.6) is 5.75 Å². The van der Waals surface area contributed by atoms with Crippen LogP contribution in [0, 0.1) is 27.7 Å². The third-order valence-corrected chi connectivity index (χ3v) is 2.87. The van der Waals surface area contributed by atoms with Gasteiger partial charge in [-0.3, -0.25) is 0 Å². The molecule has 0 radical (unpaired) electrons. The molecule has 0 aliphatic rings. The van der Waals surface area contributed by atoms with Crippen molar-refractivity contribution >= 4 is 11.0 Å². The molecule has 0 bridgehead atoms. The van der Waals surface area contributed by atoms with E-state index in [2.05, 4.69) is 0 Å². The van der Waals surface area contributed by atoms with E-state index in [0.717, 1.165) is 33.4 Å². The van der Waals surface area contributed by atoms with E-state index in [1.54, 1.807) is 0 Å². The lowest BCUT2D eigenvalue weighted by Crippen LogP contribution is -1.86. The highest BCUT2D eigenvalue weighted by atomic mass is 16.3. The fourth-order valence-electron chi connectivity index (χ4n) is 1.83. The quantitative estimate of drug-likeness (QED) is 0.691. The van der Waals surface area contributed by atoms with Gasteiger partial charge in [0, 0.05) is 10.9 Å². The van der Waals surface area contributed by atoms with E-state index in [1.165, 1.54) is 0 Å². The minimum Gasteiger partial charge on any atom is -0.507 e. The fraction of sp³-hybridized carbons (Fsp3) is 0.333. The van der Waals surface area contributed by atoms with Gasteiger partial charge < -0.3 is 9.52 Å². The number of hydrogen-bond donors (Lipinski definition) is 1. The van der Waals surface area contributed by atoms with Crippen LogP contribution in [-0.4, -0.2) is 5.11 Å². The summed E-state index contributed by atoms with van der Waals surface area (Å²) in [4.78, 5) is 0. The molecule has 2 nitrogen and oxygen atoms in total. The zero-order chi connectivity index (χ0) is 10.5. The summed E-state index contributed by atoms with van der Waals surface area (Å²) in [5, 5.41) is 10.9. The van der Waals surface area contributed by atoms with Gasteiger partial charge in [-0.2, -0.15) is 0 Å². The minimum absolute atomic E-state index is 0.385. The summed E-state index contributed by atoms with van der Waals surface area (Å²) in [7, 11) is 0. The molecule has 0 saturated carbocycles. The van der Waals surface area contributed by atoms with E-state index in [-0.39, 0.29) is 0 Å². The molecule has 0 aliphatic carbocycles. The number of aryl methyl sites for hydroxylation is 3. The molecular weight excluding hydrogens is 176 g/mol. The van der Waals surface area contributed by atoms with E-state index in [4.69, 9.17) is 4.42 Å². The predicted octanol–water partition coefficient (Wildman–Crippen LogP) is 3.37. The van der Waals surface area contributed by atoms with Crippen molar-refractivity contribution in [2.45, 2.75) is 27.7 Å². The highest BCUT2D eigenvalue weighted by Gasteiger charge is 2.13. The maximum absolute atomic E-state index is 9.85. The van der Waals surface area contributed by atoms with Gasteiger partial charge in [0.05, 0.1) is 0 Å². The topological polar surface area (TPSA) is 33.4 Å². The second-order valence-corrected chi connectivity index (χ2v) is 3.82. The number of benzene rings is 1. The van der Waals surface area contributed by atoms with Crippen LogP contribution in [0.2, 0.25) is 0 Å². The zero-order valence-corrected chi connectivity index (χ0v) is 8.93. The lowest BCUT2D eigenvalue weighted by atomic mass is 10.0. The van der Waals surface area contributed by atoms with Gasteiger partial charge in [0.25, 0.3) is 0 Å². The summed E-state index contributed by atoms with van der Waals surface area (Å²) in [6.45, 7) is 7.72. The maximum atomic E-state index is 9.85. The van der Waals surface area contributed by atoms with Gasteiger partial charge in [-0.25, -0.2) is 0 Å². The highest BCUT2D eigenvalue weighted by Crippen LogP contribution is 2.35. The van der Waals surface area contributed by atoms with Gasteiger partial charge in [0.1, 0.15) is 17.1 Å². The molecule has 14 heavy (non-hydrogen) atoms. The Bertz CT molecular complexity index is 462. The Morgan fingerprint density at radius 3 is 2.29 bits per heavy atom. The van der Waals surface area contributed by atoms with Gasteiger partial charge >= 0.3 is 0 Å². The fourth-order valence-corrected chi connectivity index (χ4v) is 1.83. The van der Waals surface area contributed by atoms with E-state index >= 15 is 0 Å². The molecule has 2 heteroatoms. The van der Waals surface area contributed by atoms with Crippen molar-refractivity contribution in [1.29, 1.82) is 0 Å². The molecule has 2 rings (SSSR count). The molecule has 0 amide bonds. The number of phenols is 1. The van der Waals surface area contributed by atoms with Crippen LogP contribution in [0.15, 0.2) is 10.5 Å².